The maximum absolute atomic E-state index is 12.6. The van der Waals surface area contributed by atoms with E-state index in [1.165, 1.54) is 16.9 Å². The average Bonchev–Trinajstić information content (AvgIpc) is 3.37. The van der Waals surface area contributed by atoms with Crippen molar-refractivity contribution in [3.8, 4) is 5.75 Å². The summed E-state index contributed by atoms with van der Waals surface area (Å²) >= 11 is 1.48. The third-order valence-electron chi connectivity index (χ3n) is 4.69. The number of hydrogen-bond acceptors (Lipinski definition) is 7. The van der Waals surface area contributed by atoms with Crippen LogP contribution >= 0.6 is 11.3 Å². The standard InChI is InChI=1S/C21H22N6O2S/c1-4-27-19(24-25-26-27)12-29-16-8-5-14(6-9-16)20(28)23-21-22-17-10-7-15(13(2)3)11-18(17)30-21/h5-11,13H,4,12H2,1-3H3,(H,22,23,28). The molecule has 2 heterocycles. The average molecular weight is 423 g/mol. The Morgan fingerprint density at radius 1 is 1.20 bits per heavy atom. The summed E-state index contributed by atoms with van der Waals surface area (Å²) in [5, 5.41) is 14.9. The second kappa shape index (κ2) is 8.58. The molecule has 2 aromatic carbocycles. The van der Waals surface area contributed by atoms with E-state index in [4.69, 9.17) is 4.74 Å². The van der Waals surface area contributed by atoms with Crippen LogP contribution in [-0.2, 0) is 13.2 Å². The van der Waals surface area contributed by atoms with Crippen LogP contribution in [0, 0.1) is 0 Å². The SMILES string of the molecule is CCn1nnnc1COc1ccc(C(=O)Nc2nc3ccc(C(C)C)cc3s2)cc1. The first-order valence-corrected chi connectivity index (χ1v) is 10.5. The number of amides is 1. The van der Waals surface area contributed by atoms with E-state index in [1.54, 1.807) is 28.9 Å². The number of nitrogens with one attached hydrogen (secondary N) is 1. The van der Waals surface area contributed by atoms with Crippen molar-refractivity contribution in [2.45, 2.75) is 39.8 Å². The molecule has 154 valence electrons. The summed E-state index contributed by atoms with van der Waals surface area (Å²) < 4.78 is 8.45. The molecule has 0 aliphatic heterocycles. The minimum absolute atomic E-state index is 0.209. The molecule has 0 atom stereocenters. The topological polar surface area (TPSA) is 94.8 Å². The van der Waals surface area contributed by atoms with Gasteiger partial charge in [0.25, 0.3) is 5.91 Å². The van der Waals surface area contributed by atoms with Crippen LogP contribution < -0.4 is 10.1 Å². The number of aryl methyl sites for hydroxylation is 1. The third kappa shape index (κ3) is 4.30. The molecule has 0 saturated heterocycles. The summed E-state index contributed by atoms with van der Waals surface area (Å²) in [6.45, 7) is 7.21. The highest BCUT2D eigenvalue weighted by atomic mass is 32.1. The van der Waals surface area contributed by atoms with E-state index in [1.807, 2.05) is 13.0 Å². The van der Waals surface area contributed by atoms with Crippen LogP contribution in [-0.4, -0.2) is 31.1 Å². The Kier molecular flexibility index (Phi) is 5.71. The molecule has 0 aliphatic rings. The lowest BCUT2D eigenvalue weighted by Gasteiger charge is -2.07. The van der Waals surface area contributed by atoms with Crippen LogP contribution in [0.15, 0.2) is 42.5 Å². The van der Waals surface area contributed by atoms with Gasteiger partial charge in [-0.2, -0.15) is 0 Å². The van der Waals surface area contributed by atoms with E-state index in [9.17, 15) is 4.79 Å². The zero-order chi connectivity index (χ0) is 21.1. The number of benzene rings is 2. The number of anilines is 1. The fourth-order valence-electron chi connectivity index (χ4n) is 2.95. The number of carbonyl (C=O) groups excluding carboxylic acids is 1. The zero-order valence-electron chi connectivity index (χ0n) is 17.0. The number of fused-ring (bicyclic) bond motifs is 1. The van der Waals surface area contributed by atoms with Crippen molar-refractivity contribution in [1.82, 2.24) is 25.2 Å². The molecule has 0 aliphatic carbocycles. The smallest absolute Gasteiger partial charge is 0.257 e. The molecule has 0 spiro atoms. The predicted octanol–water partition coefficient (Wildman–Crippen LogP) is 4.26. The highest BCUT2D eigenvalue weighted by molar-refractivity contribution is 7.22. The van der Waals surface area contributed by atoms with Crippen LogP contribution in [0.2, 0.25) is 0 Å². The van der Waals surface area contributed by atoms with E-state index in [0.717, 1.165) is 10.2 Å². The lowest BCUT2D eigenvalue weighted by atomic mass is 10.0. The van der Waals surface area contributed by atoms with Gasteiger partial charge in [-0.25, -0.2) is 9.67 Å². The Morgan fingerprint density at radius 3 is 2.73 bits per heavy atom. The zero-order valence-corrected chi connectivity index (χ0v) is 17.8. The molecule has 4 aromatic rings. The molecule has 30 heavy (non-hydrogen) atoms. The summed E-state index contributed by atoms with van der Waals surface area (Å²) in [6, 6.07) is 13.2. The van der Waals surface area contributed by atoms with Gasteiger partial charge in [-0.1, -0.05) is 31.3 Å². The van der Waals surface area contributed by atoms with Crippen molar-refractivity contribution >= 4 is 32.6 Å². The van der Waals surface area contributed by atoms with Gasteiger partial charge in [-0.3, -0.25) is 10.1 Å². The minimum atomic E-state index is -0.209. The van der Waals surface area contributed by atoms with Gasteiger partial charge in [-0.15, -0.1) is 5.10 Å². The van der Waals surface area contributed by atoms with E-state index in [-0.39, 0.29) is 12.5 Å². The normalized spacial score (nSPS) is 11.2. The molecule has 0 fully saturated rings. The van der Waals surface area contributed by atoms with E-state index >= 15 is 0 Å². The van der Waals surface area contributed by atoms with Crippen molar-refractivity contribution in [2.24, 2.45) is 0 Å². The van der Waals surface area contributed by atoms with Crippen molar-refractivity contribution in [3.63, 3.8) is 0 Å². The van der Waals surface area contributed by atoms with Gasteiger partial charge < -0.3 is 4.74 Å². The molecular weight excluding hydrogens is 400 g/mol. The summed E-state index contributed by atoms with van der Waals surface area (Å²) in [4.78, 5) is 17.1. The molecule has 0 bridgehead atoms. The van der Waals surface area contributed by atoms with Crippen LogP contribution in [0.25, 0.3) is 10.2 Å². The molecule has 9 heteroatoms. The number of ether oxygens (including phenoxy) is 1. The monoisotopic (exact) mass is 422 g/mol. The van der Waals surface area contributed by atoms with Crippen molar-refractivity contribution in [2.75, 3.05) is 5.32 Å². The number of thiazole rings is 1. The maximum atomic E-state index is 12.6. The van der Waals surface area contributed by atoms with Gasteiger partial charge in [0.1, 0.15) is 12.4 Å². The Hall–Kier alpha value is -3.33. The van der Waals surface area contributed by atoms with Gasteiger partial charge in [0, 0.05) is 12.1 Å². The van der Waals surface area contributed by atoms with Crippen LogP contribution in [0.1, 0.15) is 48.4 Å². The molecular formula is C21H22N6O2S. The Labute approximate surface area is 177 Å². The first-order valence-electron chi connectivity index (χ1n) is 9.73. The molecule has 8 nitrogen and oxygen atoms in total. The molecule has 0 unspecified atom stereocenters. The Bertz CT molecular complexity index is 1170. The van der Waals surface area contributed by atoms with Gasteiger partial charge in [0.05, 0.1) is 10.2 Å². The van der Waals surface area contributed by atoms with E-state index in [0.29, 0.717) is 34.7 Å². The maximum Gasteiger partial charge on any atom is 0.257 e. The second-order valence-corrected chi connectivity index (χ2v) is 8.11. The summed E-state index contributed by atoms with van der Waals surface area (Å²) in [6.07, 6.45) is 0. The quantitative estimate of drug-likeness (QED) is 0.478. The van der Waals surface area contributed by atoms with Crippen LogP contribution in [0.4, 0.5) is 5.13 Å². The molecule has 4 rings (SSSR count). The number of tetrazole rings is 1. The Balaban J connectivity index is 1.40. The molecule has 2 aromatic heterocycles. The molecule has 1 amide bonds. The fourth-order valence-corrected chi connectivity index (χ4v) is 3.86. The number of carbonyl (C=O) groups is 1. The predicted molar refractivity (Wildman–Crippen MR) is 116 cm³/mol. The molecule has 0 saturated carbocycles. The number of rotatable bonds is 7. The Morgan fingerprint density at radius 2 is 2.00 bits per heavy atom. The van der Waals surface area contributed by atoms with Crippen molar-refractivity contribution in [3.05, 3.63) is 59.4 Å². The highest BCUT2D eigenvalue weighted by Gasteiger charge is 2.12. The number of nitrogens with zero attached hydrogens (tertiary/aromatic N) is 5. The largest absolute Gasteiger partial charge is 0.486 e. The van der Waals surface area contributed by atoms with Gasteiger partial charge >= 0.3 is 0 Å². The van der Waals surface area contributed by atoms with Gasteiger partial charge in [0.15, 0.2) is 11.0 Å². The third-order valence-corrected chi connectivity index (χ3v) is 5.62. The first kappa shape index (κ1) is 20.0. The molecule has 1 N–H and O–H groups in total. The van der Waals surface area contributed by atoms with Gasteiger partial charge in [0.2, 0.25) is 0 Å². The van der Waals surface area contributed by atoms with Crippen LogP contribution in [0.3, 0.4) is 0 Å². The van der Waals surface area contributed by atoms with Gasteiger partial charge in [-0.05, 0) is 65.2 Å². The van der Waals surface area contributed by atoms with E-state index in [2.05, 4.69) is 51.8 Å². The lowest BCUT2D eigenvalue weighted by molar-refractivity contribution is 0.102. The first-order chi connectivity index (χ1) is 14.5. The highest BCUT2D eigenvalue weighted by Crippen LogP contribution is 2.29. The number of aromatic nitrogens is 5. The molecule has 0 radical (unpaired) electrons. The van der Waals surface area contributed by atoms with Crippen molar-refractivity contribution in [1.29, 1.82) is 0 Å². The lowest BCUT2D eigenvalue weighted by Crippen LogP contribution is -2.11. The summed E-state index contributed by atoms with van der Waals surface area (Å²) in [5.41, 5.74) is 2.67. The summed E-state index contributed by atoms with van der Waals surface area (Å²) in [5.74, 6) is 1.53. The summed E-state index contributed by atoms with van der Waals surface area (Å²) in [7, 11) is 0. The van der Waals surface area contributed by atoms with Crippen LogP contribution in [0.5, 0.6) is 5.75 Å². The number of hydrogen-bond donors (Lipinski definition) is 1. The fraction of sp³-hybridized carbons (Fsp3) is 0.286. The van der Waals surface area contributed by atoms with Crippen molar-refractivity contribution < 1.29 is 9.53 Å². The second-order valence-electron chi connectivity index (χ2n) is 7.08. The van der Waals surface area contributed by atoms with E-state index < -0.39 is 0 Å². The minimum Gasteiger partial charge on any atom is -0.486 e.